The molecule has 1 saturated heterocycles. The molecule has 1 aromatic rings. The van der Waals surface area contributed by atoms with Crippen molar-refractivity contribution in [3.8, 4) is 0 Å². The van der Waals surface area contributed by atoms with Gasteiger partial charge in [-0.2, -0.15) is 0 Å². The summed E-state index contributed by atoms with van der Waals surface area (Å²) in [4.78, 5) is 2.17. The van der Waals surface area contributed by atoms with Gasteiger partial charge in [0.25, 0.3) is 0 Å². The van der Waals surface area contributed by atoms with Gasteiger partial charge in [-0.1, -0.05) is 6.07 Å². The van der Waals surface area contributed by atoms with E-state index in [-0.39, 0.29) is 6.17 Å². The first-order chi connectivity index (χ1) is 9.16. The molecule has 0 radical (unpaired) electrons. The molecule has 0 spiro atoms. The molecule has 1 atom stereocenters. The van der Waals surface area contributed by atoms with E-state index >= 15 is 0 Å². The lowest BCUT2D eigenvalue weighted by molar-refractivity contribution is 0.0190. The van der Waals surface area contributed by atoms with Gasteiger partial charge < -0.3 is 4.74 Å². The largest absolute Gasteiger partial charge is 0.377 e. The minimum absolute atomic E-state index is 0.229. The summed E-state index contributed by atoms with van der Waals surface area (Å²) >= 11 is 0. The van der Waals surface area contributed by atoms with Crippen molar-refractivity contribution in [3.63, 3.8) is 0 Å². The minimum Gasteiger partial charge on any atom is -0.377 e. The Bertz CT molecular complexity index is 408. The van der Waals surface area contributed by atoms with Crippen molar-refractivity contribution < 1.29 is 13.5 Å². The van der Waals surface area contributed by atoms with Gasteiger partial charge in [0.1, 0.15) is 11.6 Å². The highest BCUT2D eigenvalue weighted by Gasteiger charge is 2.17. The molecule has 5 heteroatoms. The number of hydrogen-bond acceptors (Lipinski definition) is 3. The van der Waals surface area contributed by atoms with E-state index in [1.807, 2.05) is 7.05 Å². The van der Waals surface area contributed by atoms with E-state index in [4.69, 9.17) is 4.74 Å². The molecule has 1 heterocycles. The number of hydrogen-bond donors (Lipinski definition) is 1. The Morgan fingerprint density at radius 1 is 1.42 bits per heavy atom. The molecule has 0 bridgehead atoms. The summed E-state index contributed by atoms with van der Waals surface area (Å²) in [6, 6.07) is 3.76. The third-order valence-electron chi connectivity index (χ3n) is 3.41. The quantitative estimate of drug-likeness (QED) is 0.882. The maximum Gasteiger partial charge on any atom is 0.129 e. The second kappa shape index (κ2) is 6.93. The van der Waals surface area contributed by atoms with Gasteiger partial charge in [0.2, 0.25) is 0 Å². The summed E-state index contributed by atoms with van der Waals surface area (Å²) in [5.41, 5.74) is 0.572. The van der Waals surface area contributed by atoms with Crippen molar-refractivity contribution in [3.05, 3.63) is 35.4 Å². The van der Waals surface area contributed by atoms with E-state index in [2.05, 4.69) is 10.2 Å². The third-order valence-corrected chi connectivity index (χ3v) is 3.41. The van der Waals surface area contributed by atoms with Crippen LogP contribution in [0, 0.1) is 11.6 Å². The van der Waals surface area contributed by atoms with Crippen LogP contribution < -0.4 is 5.32 Å². The fraction of sp³-hybridized carbons (Fsp3) is 0.571. The number of morpholine rings is 1. The van der Waals surface area contributed by atoms with Crippen molar-refractivity contribution in [1.29, 1.82) is 0 Å². The zero-order chi connectivity index (χ0) is 13.7. The van der Waals surface area contributed by atoms with Crippen LogP contribution in [0.15, 0.2) is 18.2 Å². The van der Waals surface area contributed by atoms with Crippen LogP contribution in [0.1, 0.15) is 12.0 Å². The Morgan fingerprint density at radius 2 is 2.26 bits per heavy atom. The molecule has 1 fully saturated rings. The van der Waals surface area contributed by atoms with Crippen LogP contribution in [-0.4, -0.2) is 44.4 Å². The molecule has 0 amide bonds. The second-order valence-electron chi connectivity index (χ2n) is 4.86. The number of rotatable bonds is 5. The first-order valence-electron chi connectivity index (χ1n) is 6.62. The van der Waals surface area contributed by atoms with Crippen molar-refractivity contribution in [1.82, 2.24) is 10.2 Å². The number of likely N-dealkylation sites (N-methyl/N-ethyl adjacent to an activating group) is 1. The summed E-state index contributed by atoms with van der Waals surface area (Å²) < 4.78 is 31.6. The van der Waals surface area contributed by atoms with Crippen LogP contribution in [0.25, 0.3) is 0 Å². The van der Waals surface area contributed by atoms with Gasteiger partial charge in [0.05, 0.1) is 19.4 Å². The van der Waals surface area contributed by atoms with Crippen molar-refractivity contribution >= 4 is 0 Å². The van der Waals surface area contributed by atoms with Gasteiger partial charge >= 0.3 is 0 Å². The monoisotopic (exact) mass is 270 g/mol. The van der Waals surface area contributed by atoms with E-state index in [9.17, 15) is 8.78 Å². The lowest BCUT2D eigenvalue weighted by Gasteiger charge is -2.32. The molecule has 106 valence electrons. The molecule has 1 unspecified atom stereocenters. The Kier molecular flexibility index (Phi) is 5.24. The van der Waals surface area contributed by atoms with Gasteiger partial charge in [-0.15, -0.1) is 0 Å². The molecular formula is C14H20F2N2O. The SMILES string of the molecule is CN(CCCc1ccc(F)cc1F)C1COCCN1. The summed E-state index contributed by atoms with van der Waals surface area (Å²) in [5, 5.41) is 3.36. The number of nitrogens with zero attached hydrogens (tertiary/aromatic N) is 1. The standard InChI is InChI=1S/C14H20F2N2O/c1-18(14-10-19-8-6-17-14)7-2-3-11-4-5-12(15)9-13(11)16/h4-5,9,14,17H,2-3,6-8,10H2,1H3. The highest BCUT2D eigenvalue weighted by molar-refractivity contribution is 5.18. The van der Waals surface area contributed by atoms with Crippen LogP contribution in [-0.2, 0) is 11.2 Å². The molecule has 1 aliphatic rings. The predicted molar refractivity (Wildman–Crippen MR) is 69.9 cm³/mol. The summed E-state index contributed by atoms with van der Waals surface area (Å²) in [7, 11) is 2.02. The fourth-order valence-corrected chi connectivity index (χ4v) is 2.23. The first-order valence-corrected chi connectivity index (χ1v) is 6.62. The van der Waals surface area contributed by atoms with Crippen LogP contribution in [0.5, 0.6) is 0 Å². The first kappa shape index (κ1) is 14.4. The molecule has 0 aromatic heterocycles. The number of aryl methyl sites for hydroxylation is 1. The van der Waals surface area contributed by atoms with Gasteiger partial charge in [-0.05, 0) is 38.1 Å². The van der Waals surface area contributed by atoms with Crippen LogP contribution >= 0.6 is 0 Å². The Labute approximate surface area is 112 Å². The third kappa shape index (κ3) is 4.23. The second-order valence-corrected chi connectivity index (χ2v) is 4.86. The van der Waals surface area contributed by atoms with Crippen LogP contribution in [0.2, 0.25) is 0 Å². The lowest BCUT2D eigenvalue weighted by Crippen LogP contribution is -2.51. The Balaban J connectivity index is 1.76. The average Bonchev–Trinajstić information content (AvgIpc) is 2.42. The molecule has 1 aromatic carbocycles. The number of halogens is 2. The molecule has 3 nitrogen and oxygen atoms in total. The van der Waals surface area contributed by atoms with Crippen molar-refractivity contribution in [2.45, 2.75) is 19.0 Å². The topological polar surface area (TPSA) is 24.5 Å². The molecule has 0 aliphatic carbocycles. The maximum absolute atomic E-state index is 13.4. The van der Waals surface area contributed by atoms with E-state index in [0.29, 0.717) is 18.6 Å². The number of benzene rings is 1. The van der Waals surface area contributed by atoms with Crippen LogP contribution in [0.4, 0.5) is 8.78 Å². The number of ether oxygens (including phenoxy) is 1. The van der Waals surface area contributed by atoms with Gasteiger partial charge in [0.15, 0.2) is 0 Å². The van der Waals surface area contributed by atoms with E-state index in [1.165, 1.54) is 12.1 Å². The van der Waals surface area contributed by atoms with Gasteiger partial charge in [-0.3, -0.25) is 10.2 Å². The van der Waals surface area contributed by atoms with E-state index in [1.54, 1.807) is 0 Å². The highest BCUT2D eigenvalue weighted by Crippen LogP contribution is 2.12. The van der Waals surface area contributed by atoms with Crippen molar-refractivity contribution in [2.24, 2.45) is 0 Å². The normalized spacial score (nSPS) is 19.9. The molecular weight excluding hydrogens is 250 g/mol. The average molecular weight is 270 g/mol. The predicted octanol–water partition coefficient (Wildman–Crippen LogP) is 1.78. The Morgan fingerprint density at radius 3 is 2.95 bits per heavy atom. The zero-order valence-electron chi connectivity index (χ0n) is 11.2. The molecule has 2 rings (SSSR count). The summed E-state index contributed by atoms with van der Waals surface area (Å²) in [5.74, 6) is -0.983. The lowest BCUT2D eigenvalue weighted by atomic mass is 10.1. The summed E-state index contributed by atoms with van der Waals surface area (Å²) in [6.45, 7) is 3.14. The van der Waals surface area contributed by atoms with E-state index < -0.39 is 11.6 Å². The smallest absolute Gasteiger partial charge is 0.129 e. The maximum atomic E-state index is 13.4. The fourth-order valence-electron chi connectivity index (χ4n) is 2.23. The van der Waals surface area contributed by atoms with Gasteiger partial charge in [-0.25, -0.2) is 8.78 Å². The molecule has 1 aliphatic heterocycles. The minimum atomic E-state index is -0.526. The van der Waals surface area contributed by atoms with Crippen LogP contribution in [0.3, 0.4) is 0 Å². The molecule has 0 saturated carbocycles. The molecule has 1 N–H and O–H groups in total. The summed E-state index contributed by atoms with van der Waals surface area (Å²) in [6.07, 6.45) is 1.67. The number of nitrogens with one attached hydrogen (secondary N) is 1. The molecule has 19 heavy (non-hydrogen) atoms. The zero-order valence-corrected chi connectivity index (χ0v) is 11.2. The van der Waals surface area contributed by atoms with Gasteiger partial charge in [0, 0.05) is 12.6 Å². The highest BCUT2D eigenvalue weighted by atomic mass is 19.1. The van der Waals surface area contributed by atoms with Crippen molar-refractivity contribution in [2.75, 3.05) is 33.4 Å². The van der Waals surface area contributed by atoms with E-state index in [0.717, 1.165) is 32.2 Å². The Hall–Kier alpha value is -1.04.